The molecule has 0 bridgehead atoms. The van der Waals surface area contributed by atoms with Gasteiger partial charge < -0.3 is 39.4 Å². The van der Waals surface area contributed by atoms with Crippen molar-refractivity contribution in [1.82, 2.24) is 0 Å². The molecule has 1 aliphatic rings. The fraction of sp³-hybridized carbons (Fsp3) is 0.836. The van der Waals surface area contributed by atoms with Crippen LogP contribution in [0, 0.1) is 0 Å². The van der Waals surface area contributed by atoms with Crippen LogP contribution in [0.4, 0.5) is 0 Å². The summed E-state index contributed by atoms with van der Waals surface area (Å²) >= 11 is 0. The molecular formula is C55H100O9. The predicted octanol–water partition coefficient (Wildman–Crippen LogP) is 13.3. The van der Waals surface area contributed by atoms with Gasteiger partial charge in [0.15, 0.2) is 6.29 Å². The molecule has 1 saturated heterocycles. The Bertz CT molecular complexity index is 1120. The molecule has 0 saturated carbocycles. The maximum absolute atomic E-state index is 12.8. The van der Waals surface area contributed by atoms with Crippen molar-refractivity contribution in [3.05, 3.63) is 48.6 Å². The monoisotopic (exact) mass is 905 g/mol. The number of unbranched alkanes of at least 4 members (excludes halogenated alkanes) is 27. The third-order valence-corrected chi connectivity index (χ3v) is 12.2. The van der Waals surface area contributed by atoms with E-state index in [1.807, 2.05) is 0 Å². The first-order chi connectivity index (χ1) is 31.4. The zero-order valence-corrected chi connectivity index (χ0v) is 41.3. The van der Waals surface area contributed by atoms with E-state index in [2.05, 4.69) is 62.5 Å². The Kier molecular flexibility index (Phi) is 43.5. The lowest BCUT2D eigenvalue weighted by Crippen LogP contribution is -2.59. The van der Waals surface area contributed by atoms with Gasteiger partial charge in [-0.2, -0.15) is 0 Å². The average Bonchev–Trinajstić information content (AvgIpc) is 3.30. The summed E-state index contributed by atoms with van der Waals surface area (Å²) in [4.78, 5) is 12.8. The van der Waals surface area contributed by atoms with Crippen LogP contribution in [0.2, 0.25) is 0 Å². The highest BCUT2D eigenvalue weighted by Gasteiger charge is 2.44. The zero-order chi connectivity index (χ0) is 46.4. The van der Waals surface area contributed by atoms with Gasteiger partial charge in [0.2, 0.25) is 0 Å². The molecule has 374 valence electrons. The highest BCUT2D eigenvalue weighted by atomic mass is 16.7. The molecule has 1 fully saturated rings. The van der Waals surface area contributed by atoms with E-state index in [1.54, 1.807) is 0 Å². The third-order valence-electron chi connectivity index (χ3n) is 12.2. The van der Waals surface area contributed by atoms with E-state index in [0.717, 1.165) is 64.2 Å². The minimum Gasteiger partial charge on any atom is -0.457 e. The van der Waals surface area contributed by atoms with Crippen LogP contribution in [-0.4, -0.2) is 89.6 Å². The standard InChI is InChI=1S/C55H100O9/c1-3-5-7-9-11-13-15-17-19-21-22-23-24-25-26-27-29-31-33-35-37-39-41-43-45-61-47-49(48-62-55-54(60)53(59)52(58)50(46-56)64-55)63-51(57)44-42-40-38-36-34-32-30-28-20-18-16-14-12-10-8-6-4-2/h6,8,12,14,18,20-22,49-50,52-56,58-60H,3-5,7,9-11,13,15-17,19,23-48H2,1-2H3/b8-6-,14-12-,20-18-,22-21-. The van der Waals surface area contributed by atoms with E-state index in [1.165, 1.54) is 148 Å². The molecule has 1 aliphatic heterocycles. The molecule has 0 aromatic carbocycles. The van der Waals surface area contributed by atoms with Gasteiger partial charge in [0, 0.05) is 13.0 Å². The quantitative estimate of drug-likeness (QED) is 0.0267. The molecule has 0 aliphatic carbocycles. The second kappa shape index (κ2) is 46.3. The van der Waals surface area contributed by atoms with Crippen LogP contribution in [-0.2, 0) is 23.7 Å². The van der Waals surface area contributed by atoms with Crippen LogP contribution in [0.3, 0.4) is 0 Å². The number of allylic oxidation sites excluding steroid dienone is 8. The van der Waals surface area contributed by atoms with Crippen molar-refractivity contribution in [2.24, 2.45) is 0 Å². The molecule has 1 rings (SSSR count). The normalized spacial score (nSPS) is 19.9. The maximum Gasteiger partial charge on any atom is 0.306 e. The van der Waals surface area contributed by atoms with Crippen LogP contribution in [0.25, 0.3) is 0 Å². The predicted molar refractivity (Wildman–Crippen MR) is 265 cm³/mol. The number of ether oxygens (including phenoxy) is 4. The largest absolute Gasteiger partial charge is 0.457 e. The van der Waals surface area contributed by atoms with Crippen molar-refractivity contribution < 1.29 is 44.2 Å². The Labute approximate surface area is 392 Å². The van der Waals surface area contributed by atoms with E-state index < -0.39 is 43.4 Å². The molecule has 64 heavy (non-hydrogen) atoms. The first-order valence-corrected chi connectivity index (χ1v) is 26.7. The number of hydrogen-bond acceptors (Lipinski definition) is 9. The molecule has 0 aromatic heterocycles. The lowest BCUT2D eigenvalue weighted by molar-refractivity contribution is -0.305. The molecule has 0 aromatic rings. The molecule has 4 N–H and O–H groups in total. The summed E-state index contributed by atoms with van der Waals surface area (Å²) in [7, 11) is 0. The SMILES string of the molecule is CC/C=C\C/C=C\C/C=C\CCCCCCCCCC(=O)OC(COCCCCCCCCCCCCCC/C=C\CCCCCCCCCC)COC1OC(CO)C(O)C(O)C1O. The maximum atomic E-state index is 12.8. The number of rotatable bonds is 46. The Hall–Kier alpha value is -1.85. The van der Waals surface area contributed by atoms with Crippen molar-refractivity contribution in [2.75, 3.05) is 26.4 Å². The van der Waals surface area contributed by atoms with Crippen LogP contribution in [0.5, 0.6) is 0 Å². The molecule has 0 radical (unpaired) electrons. The summed E-state index contributed by atoms with van der Waals surface area (Å²) < 4.78 is 22.9. The van der Waals surface area contributed by atoms with E-state index in [0.29, 0.717) is 13.0 Å². The summed E-state index contributed by atoms with van der Waals surface area (Å²) in [5.74, 6) is -0.322. The molecule has 6 unspecified atom stereocenters. The average molecular weight is 905 g/mol. The van der Waals surface area contributed by atoms with Crippen molar-refractivity contribution in [3.63, 3.8) is 0 Å². The molecule has 0 amide bonds. The van der Waals surface area contributed by atoms with Crippen LogP contribution in [0.1, 0.15) is 232 Å². The Morgan fingerprint density at radius 2 is 0.953 bits per heavy atom. The number of aliphatic hydroxyl groups is 4. The summed E-state index contributed by atoms with van der Waals surface area (Å²) in [6.45, 7) is 4.46. The first kappa shape index (κ1) is 60.2. The number of carbonyl (C=O) groups is 1. The minimum absolute atomic E-state index is 0.117. The van der Waals surface area contributed by atoms with Gasteiger partial charge in [0.25, 0.3) is 0 Å². The topological polar surface area (TPSA) is 135 Å². The fourth-order valence-corrected chi connectivity index (χ4v) is 8.09. The number of esters is 1. The van der Waals surface area contributed by atoms with Gasteiger partial charge in [-0.25, -0.2) is 0 Å². The highest BCUT2D eigenvalue weighted by molar-refractivity contribution is 5.69. The van der Waals surface area contributed by atoms with Gasteiger partial charge in [-0.05, 0) is 70.6 Å². The summed E-state index contributed by atoms with van der Waals surface area (Å²) in [5, 5.41) is 40.3. The van der Waals surface area contributed by atoms with Crippen molar-refractivity contribution >= 4 is 5.97 Å². The van der Waals surface area contributed by atoms with Crippen LogP contribution < -0.4 is 0 Å². The number of hydrogen-bond donors (Lipinski definition) is 4. The third kappa shape index (κ3) is 36.3. The van der Waals surface area contributed by atoms with Gasteiger partial charge in [-0.3, -0.25) is 4.79 Å². The van der Waals surface area contributed by atoms with E-state index in [4.69, 9.17) is 18.9 Å². The molecule has 1 heterocycles. The summed E-state index contributed by atoms with van der Waals surface area (Å²) in [6, 6.07) is 0. The van der Waals surface area contributed by atoms with Gasteiger partial charge in [-0.15, -0.1) is 0 Å². The second-order valence-electron chi connectivity index (χ2n) is 18.3. The molecule has 0 spiro atoms. The van der Waals surface area contributed by atoms with Crippen LogP contribution in [0.15, 0.2) is 48.6 Å². The van der Waals surface area contributed by atoms with E-state index in [9.17, 15) is 25.2 Å². The molecule has 9 heteroatoms. The summed E-state index contributed by atoms with van der Waals surface area (Å²) in [5.41, 5.74) is 0. The molecule has 6 atom stereocenters. The lowest BCUT2D eigenvalue weighted by atomic mass is 9.99. The fourth-order valence-electron chi connectivity index (χ4n) is 8.09. The smallest absolute Gasteiger partial charge is 0.306 e. The Morgan fingerprint density at radius 3 is 1.45 bits per heavy atom. The van der Waals surface area contributed by atoms with Crippen molar-refractivity contribution in [3.8, 4) is 0 Å². The Morgan fingerprint density at radius 1 is 0.516 bits per heavy atom. The first-order valence-electron chi connectivity index (χ1n) is 26.7. The van der Waals surface area contributed by atoms with Gasteiger partial charge in [0.1, 0.15) is 30.5 Å². The van der Waals surface area contributed by atoms with E-state index in [-0.39, 0.29) is 19.2 Å². The van der Waals surface area contributed by atoms with Crippen molar-refractivity contribution in [2.45, 2.75) is 269 Å². The summed E-state index contributed by atoms with van der Waals surface area (Å²) in [6.07, 6.45) is 51.5. The van der Waals surface area contributed by atoms with Gasteiger partial charge in [-0.1, -0.05) is 204 Å². The number of carbonyl (C=O) groups excluding carboxylic acids is 1. The van der Waals surface area contributed by atoms with Gasteiger partial charge in [0.05, 0.1) is 19.8 Å². The van der Waals surface area contributed by atoms with E-state index >= 15 is 0 Å². The number of aliphatic hydroxyl groups excluding tert-OH is 4. The van der Waals surface area contributed by atoms with Crippen molar-refractivity contribution in [1.29, 1.82) is 0 Å². The van der Waals surface area contributed by atoms with Gasteiger partial charge >= 0.3 is 5.97 Å². The Balaban J connectivity index is 2.17. The minimum atomic E-state index is -1.54. The van der Waals surface area contributed by atoms with Crippen LogP contribution >= 0.6 is 0 Å². The highest BCUT2D eigenvalue weighted by Crippen LogP contribution is 2.23. The second-order valence-corrected chi connectivity index (χ2v) is 18.3. The lowest BCUT2D eigenvalue weighted by Gasteiger charge is -2.39. The molecular weight excluding hydrogens is 805 g/mol. The molecule has 9 nitrogen and oxygen atoms in total. The zero-order valence-electron chi connectivity index (χ0n) is 41.3.